The monoisotopic (exact) mass is 697 g/mol. The van der Waals surface area contributed by atoms with E-state index in [0.29, 0.717) is 44.2 Å². The van der Waals surface area contributed by atoms with E-state index in [1.54, 1.807) is 13.1 Å². The molecule has 2 aliphatic heterocycles. The molecule has 2 aromatic carbocycles. The third-order valence-electron chi connectivity index (χ3n) is 7.60. The summed E-state index contributed by atoms with van der Waals surface area (Å²) in [5.41, 5.74) is 7.16. The molecule has 1 amide bonds. The molecule has 13 heteroatoms. The number of fused-ring (bicyclic) bond motifs is 1. The van der Waals surface area contributed by atoms with E-state index in [9.17, 15) is 23.1 Å². The van der Waals surface area contributed by atoms with Crippen LogP contribution in [0.25, 0.3) is 0 Å². The molecule has 3 N–H and O–H groups in total. The minimum Gasteiger partial charge on any atom is -0.465 e. The molecular weight excluding hydrogens is 671 g/mol. The smallest absolute Gasteiger partial charge is 0.416 e. The van der Waals surface area contributed by atoms with E-state index < -0.39 is 29.4 Å². The van der Waals surface area contributed by atoms with Crippen molar-refractivity contribution in [3.8, 4) is 0 Å². The molecule has 3 heterocycles. The highest BCUT2D eigenvalue weighted by Crippen LogP contribution is 2.47. The van der Waals surface area contributed by atoms with E-state index in [1.165, 1.54) is 6.07 Å². The fraction of sp³-hybridized carbons (Fsp3) is 0.393. The number of benzene rings is 2. The van der Waals surface area contributed by atoms with Gasteiger partial charge >= 0.3 is 12.3 Å². The average Bonchev–Trinajstić information content (AvgIpc) is 2.91. The summed E-state index contributed by atoms with van der Waals surface area (Å²) in [7, 11) is 0. The summed E-state index contributed by atoms with van der Waals surface area (Å²) < 4.78 is 48.6. The van der Waals surface area contributed by atoms with E-state index in [0.717, 1.165) is 37.2 Å². The van der Waals surface area contributed by atoms with Crippen LogP contribution in [0.1, 0.15) is 53.9 Å². The molecule has 0 saturated carbocycles. The van der Waals surface area contributed by atoms with Gasteiger partial charge in [-0.3, -0.25) is 4.90 Å². The molecule has 41 heavy (non-hydrogen) atoms. The number of aromatic nitrogens is 2. The average molecular weight is 699 g/mol. The van der Waals surface area contributed by atoms with Gasteiger partial charge < -0.3 is 20.5 Å². The Morgan fingerprint density at radius 3 is 2.44 bits per heavy atom. The summed E-state index contributed by atoms with van der Waals surface area (Å²) >= 11 is 7.06. The molecule has 0 bridgehead atoms. The van der Waals surface area contributed by atoms with Crippen molar-refractivity contribution >= 4 is 49.3 Å². The van der Waals surface area contributed by atoms with Crippen LogP contribution in [0, 0.1) is 0 Å². The number of halogens is 5. The lowest BCUT2D eigenvalue weighted by atomic mass is 9.80. The Bertz CT molecular complexity index is 1450. The molecule has 1 saturated heterocycles. The number of morpholine rings is 1. The number of ether oxygens (including phenoxy) is 1. The second kappa shape index (κ2) is 11.5. The third-order valence-corrected chi connectivity index (χ3v) is 8.51. The van der Waals surface area contributed by atoms with Gasteiger partial charge in [0.25, 0.3) is 0 Å². The van der Waals surface area contributed by atoms with E-state index >= 15 is 0 Å². The van der Waals surface area contributed by atoms with Crippen molar-refractivity contribution in [3.63, 3.8) is 0 Å². The maximum absolute atomic E-state index is 13.8. The first-order valence-electron chi connectivity index (χ1n) is 13.1. The number of rotatable bonds is 5. The van der Waals surface area contributed by atoms with Crippen molar-refractivity contribution in [2.75, 3.05) is 36.1 Å². The number of hydrogen-bond acceptors (Lipinski definition) is 6. The lowest BCUT2D eigenvalue weighted by molar-refractivity contribution is -0.137. The van der Waals surface area contributed by atoms with Gasteiger partial charge in [0.05, 0.1) is 42.0 Å². The topological polar surface area (TPSA) is 105 Å². The highest BCUT2D eigenvalue weighted by Gasteiger charge is 2.46. The second-order valence-corrected chi connectivity index (χ2v) is 12.0. The Balaban J connectivity index is 1.67. The van der Waals surface area contributed by atoms with Crippen LogP contribution in [-0.4, -0.2) is 53.1 Å². The van der Waals surface area contributed by atoms with Crippen molar-refractivity contribution < 1.29 is 27.8 Å². The molecule has 218 valence electrons. The van der Waals surface area contributed by atoms with Gasteiger partial charge in [-0.05, 0) is 60.4 Å². The minimum absolute atomic E-state index is 0.0168. The van der Waals surface area contributed by atoms with Gasteiger partial charge in [0.2, 0.25) is 0 Å². The van der Waals surface area contributed by atoms with Crippen LogP contribution < -0.4 is 15.5 Å². The predicted octanol–water partition coefficient (Wildman–Crippen LogP) is 6.53. The first-order valence-corrected chi connectivity index (χ1v) is 14.6. The summed E-state index contributed by atoms with van der Waals surface area (Å²) in [5, 5.41) is 10.0. The van der Waals surface area contributed by atoms with Crippen LogP contribution in [-0.2, 0) is 17.3 Å². The van der Waals surface area contributed by atoms with E-state index in [2.05, 4.69) is 41.7 Å². The molecule has 1 fully saturated rings. The Hall–Kier alpha value is -2.74. The maximum Gasteiger partial charge on any atom is 0.416 e. The number of amides is 1. The Labute approximate surface area is 252 Å². The lowest BCUT2D eigenvalue weighted by Gasteiger charge is -2.46. The highest BCUT2D eigenvalue weighted by molar-refractivity contribution is 9.11. The highest BCUT2D eigenvalue weighted by atomic mass is 79.9. The lowest BCUT2D eigenvalue weighted by Crippen LogP contribution is -2.61. The van der Waals surface area contributed by atoms with Gasteiger partial charge in [-0.2, -0.15) is 13.2 Å². The molecule has 3 aromatic rings. The van der Waals surface area contributed by atoms with Gasteiger partial charge in [-0.15, -0.1) is 0 Å². The summed E-state index contributed by atoms with van der Waals surface area (Å²) in [6.45, 7) is 4.15. The quantitative estimate of drug-likeness (QED) is 0.312. The number of hydrogen-bond donors (Lipinski definition) is 2. The molecule has 0 unspecified atom stereocenters. The molecule has 0 radical (unpaired) electrons. The normalized spacial score (nSPS) is 21.1. The van der Waals surface area contributed by atoms with Crippen molar-refractivity contribution in [3.05, 3.63) is 79.7 Å². The first kappa shape index (κ1) is 29.7. The third kappa shape index (κ3) is 6.08. The van der Waals surface area contributed by atoms with Crippen LogP contribution in [0.4, 0.5) is 29.3 Å². The van der Waals surface area contributed by atoms with E-state index in [4.69, 9.17) is 15.5 Å². The number of alkyl halides is 3. The zero-order chi connectivity index (χ0) is 29.5. The van der Waals surface area contributed by atoms with Gasteiger partial charge in [0.15, 0.2) is 0 Å². The number of anilines is 2. The first-order chi connectivity index (χ1) is 19.4. The van der Waals surface area contributed by atoms with Gasteiger partial charge in [-0.25, -0.2) is 14.8 Å². The molecule has 2 atom stereocenters. The fourth-order valence-corrected chi connectivity index (χ4v) is 6.92. The summed E-state index contributed by atoms with van der Waals surface area (Å²) in [4.78, 5) is 25.0. The molecule has 1 aromatic heterocycles. The maximum atomic E-state index is 13.8. The van der Waals surface area contributed by atoms with Gasteiger partial charge in [-0.1, -0.05) is 38.8 Å². The van der Waals surface area contributed by atoms with Crippen molar-refractivity contribution in [2.45, 2.75) is 43.9 Å². The number of carbonyl (C=O) groups is 1. The van der Waals surface area contributed by atoms with Crippen LogP contribution in [0.3, 0.4) is 0 Å². The van der Waals surface area contributed by atoms with E-state index in [-0.39, 0.29) is 24.1 Å². The van der Waals surface area contributed by atoms with Crippen LogP contribution in [0.2, 0.25) is 0 Å². The van der Waals surface area contributed by atoms with Crippen LogP contribution in [0.15, 0.2) is 51.5 Å². The fourth-order valence-electron chi connectivity index (χ4n) is 5.53. The Kier molecular flexibility index (Phi) is 8.34. The molecule has 5 rings (SSSR count). The largest absolute Gasteiger partial charge is 0.465 e. The molecule has 0 aliphatic carbocycles. The zero-order valence-corrected chi connectivity index (χ0v) is 25.3. The summed E-state index contributed by atoms with van der Waals surface area (Å²) in [5.74, 6) is -0.473. The Morgan fingerprint density at radius 1 is 1.15 bits per heavy atom. The number of carboxylic acid groups (broad SMARTS) is 1. The molecular formula is C28H28Br2F3N5O3. The van der Waals surface area contributed by atoms with Crippen LogP contribution >= 0.6 is 31.9 Å². The number of nitrogens with two attached hydrogens (primary N) is 1. The SMILES string of the molecule is CC[C@]1(N)C[C@H](c2ncc(N3CCOCC3)c(Cc3cc(Br)cc(Br)c3)n2)c2cc(C(F)(F)F)ccc2N1C(=O)O. The van der Waals surface area contributed by atoms with Gasteiger partial charge in [0, 0.05) is 34.4 Å². The summed E-state index contributed by atoms with van der Waals surface area (Å²) in [6.07, 6.45) is -3.56. The zero-order valence-electron chi connectivity index (χ0n) is 22.1. The van der Waals surface area contributed by atoms with Gasteiger partial charge in [0.1, 0.15) is 11.5 Å². The molecule has 2 aliphatic rings. The number of nitrogens with zero attached hydrogens (tertiary/aromatic N) is 4. The molecule has 8 nitrogen and oxygen atoms in total. The molecule has 0 spiro atoms. The van der Waals surface area contributed by atoms with E-state index in [1.807, 2.05) is 18.2 Å². The van der Waals surface area contributed by atoms with Crippen molar-refractivity contribution in [1.82, 2.24) is 9.97 Å². The Morgan fingerprint density at radius 2 is 1.83 bits per heavy atom. The minimum atomic E-state index is -4.62. The summed E-state index contributed by atoms with van der Waals surface area (Å²) in [6, 6.07) is 8.94. The van der Waals surface area contributed by atoms with Crippen molar-refractivity contribution in [2.24, 2.45) is 5.73 Å². The second-order valence-electron chi connectivity index (χ2n) is 10.2. The van der Waals surface area contributed by atoms with Crippen molar-refractivity contribution in [1.29, 1.82) is 0 Å². The van der Waals surface area contributed by atoms with Crippen LogP contribution in [0.5, 0.6) is 0 Å². The predicted molar refractivity (Wildman–Crippen MR) is 155 cm³/mol. The standard InChI is InChI=1S/C28H28Br2F3N5O3/c1-2-27(34)14-21(20-12-17(28(31,32)33)3-4-23(20)38(27)26(39)40)25-35-15-24(37-5-7-41-8-6-37)22(36-25)11-16-9-18(29)13-19(30)10-16/h3-4,9-10,12-13,15,21H,2,5-8,11,14,34H2,1H3,(H,39,40)/t21-,27+/m0/s1.